The van der Waals surface area contributed by atoms with Gasteiger partial charge in [-0.25, -0.2) is 9.78 Å². The molecule has 3 amide bonds. The van der Waals surface area contributed by atoms with Crippen LogP contribution in [0.5, 0.6) is 0 Å². The molecule has 0 bridgehead atoms. The van der Waals surface area contributed by atoms with Crippen molar-refractivity contribution in [1.29, 1.82) is 0 Å². The van der Waals surface area contributed by atoms with Gasteiger partial charge in [-0.3, -0.25) is 19.4 Å². The van der Waals surface area contributed by atoms with Crippen LogP contribution in [0.15, 0.2) is 47.8 Å². The lowest BCUT2D eigenvalue weighted by atomic mass is 10.0. The molecule has 0 aliphatic carbocycles. The lowest BCUT2D eigenvalue weighted by molar-refractivity contribution is -0.142. The fraction of sp³-hybridized carbons (Fsp3) is 0.417. The number of H-pyrrole nitrogens is 1. The average Bonchev–Trinajstić information content (AvgIpc) is 3.42. The number of carbonyl (C=O) groups is 4. The molecule has 0 aliphatic heterocycles. The number of aliphatic hydroxyl groups excluding tert-OH is 1. The van der Waals surface area contributed by atoms with Crippen LogP contribution in [0.25, 0.3) is 0 Å². The van der Waals surface area contributed by atoms with Gasteiger partial charge >= 0.3 is 5.97 Å². The van der Waals surface area contributed by atoms with Gasteiger partial charge in [-0.2, -0.15) is 0 Å². The number of nitrogens with zero attached hydrogens (tertiary/aromatic N) is 2. The highest BCUT2D eigenvalue weighted by Crippen LogP contribution is 2.07. The summed E-state index contributed by atoms with van der Waals surface area (Å²) in [5, 5.41) is 26.4. The molecule has 0 spiro atoms. The van der Waals surface area contributed by atoms with Gasteiger partial charge in [0.1, 0.15) is 24.2 Å². The zero-order valence-corrected chi connectivity index (χ0v) is 21.2. The molecule has 1 heterocycles. The van der Waals surface area contributed by atoms with Crippen LogP contribution in [-0.2, 0) is 32.0 Å². The van der Waals surface area contributed by atoms with Gasteiger partial charge in [-0.15, -0.1) is 0 Å². The number of aromatic nitrogens is 2. The molecule has 15 nitrogen and oxygen atoms in total. The van der Waals surface area contributed by atoms with E-state index in [4.69, 9.17) is 17.2 Å². The van der Waals surface area contributed by atoms with Crippen LogP contribution < -0.4 is 33.2 Å². The Labute approximate surface area is 224 Å². The molecule has 0 saturated heterocycles. The van der Waals surface area contributed by atoms with E-state index in [9.17, 15) is 29.4 Å². The topological polar surface area (TPSA) is 264 Å². The number of benzene rings is 1. The predicted octanol–water partition coefficient (Wildman–Crippen LogP) is -2.89. The summed E-state index contributed by atoms with van der Waals surface area (Å²) in [6.07, 6.45) is 3.20. The van der Waals surface area contributed by atoms with Crippen LogP contribution in [0.3, 0.4) is 0 Å². The van der Waals surface area contributed by atoms with E-state index in [1.54, 1.807) is 30.3 Å². The number of aromatic amines is 1. The predicted molar refractivity (Wildman–Crippen MR) is 141 cm³/mol. The minimum absolute atomic E-state index is 0.0230. The third-order valence-electron chi connectivity index (χ3n) is 5.62. The first-order valence-corrected chi connectivity index (χ1v) is 12.2. The Kier molecular flexibility index (Phi) is 12.4. The number of carbonyl (C=O) groups excluding carboxylic acids is 3. The lowest BCUT2D eigenvalue weighted by Crippen LogP contribution is -2.58. The number of carboxylic acids is 1. The highest BCUT2D eigenvalue weighted by molar-refractivity contribution is 5.94. The van der Waals surface area contributed by atoms with E-state index in [0.717, 1.165) is 0 Å². The molecular weight excluding hydrogens is 510 g/mol. The van der Waals surface area contributed by atoms with Gasteiger partial charge in [0.05, 0.1) is 12.9 Å². The average molecular weight is 546 g/mol. The van der Waals surface area contributed by atoms with Crippen LogP contribution in [-0.4, -0.2) is 87.2 Å². The van der Waals surface area contributed by atoms with Crippen molar-refractivity contribution in [2.24, 2.45) is 22.2 Å². The van der Waals surface area contributed by atoms with Crippen molar-refractivity contribution in [2.75, 3.05) is 13.2 Å². The summed E-state index contributed by atoms with van der Waals surface area (Å²) in [5.41, 5.74) is 17.4. The van der Waals surface area contributed by atoms with Crippen molar-refractivity contribution in [1.82, 2.24) is 25.9 Å². The first kappa shape index (κ1) is 30.7. The van der Waals surface area contributed by atoms with Crippen LogP contribution in [0.1, 0.15) is 24.1 Å². The molecule has 0 radical (unpaired) electrons. The molecule has 2 rings (SSSR count). The molecule has 1 aromatic carbocycles. The fourth-order valence-electron chi connectivity index (χ4n) is 3.55. The monoisotopic (exact) mass is 545 g/mol. The number of guanidine groups is 1. The van der Waals surface area contributed by atoms with E-state index in [-0.39, 0.29) is 31.8 Å². The molecular formula is C24H35N9O6. The third-order valence-corrected chi connectivity index (χ3v) is 5.62. The summed E-state index contributed by atoms with van der Waals surface area (Å²) in [6, 6.07) is 3.85. The number of rotatable bonds is 16. The number of aliphatic hydroxyl groups is 1. The Morgan fingerprint density at radius 2 is 1.59 bits per heavy atom. The van der Waals surface area contributed by atoms with Crippen molar-refractivity contribution in [3.8, 4) is 0 Å². The molecule has 4 atom stereocenters. The SMILES string of the molecule is NC(N)=NCCCC(NC(=O)C(N)CO)C(=O)NC(Cc1cnc[nH]1)C(=O)NC(Cc1ccccc1)C(=O)O. The highest BCUT2D eigenvalue weighted by atomic mass is 16.4. The molecule has 0 saturated carbocycles. The molecule has 39 heavy (non-hydrogen) atoms. The largest absolute Gasteiger partial charge is 0.480 e. The molecule has 1 aromatic heterocycles. The van der Waals surface area contributed by atoms with Crippen LogP contribution in [0, 0.1) is 0 Å². The van der Waals surface area contributed by atoms with Crippen molar-refractivity contribution >= 4 is 29.7 Å². The second kappa shape index (κ2) is 15.7. The summed E-state index contributed by atoms with van der Waals surface area (Å²) in [4.78, 5) is 61.2. The normalized spacial score (nSPS) is 13.8. The Hall–Kier alpha value is -4.50. The maximum absolute atomic E-state index is 13.2. The maximum atomic E-state index is 13.2. The van der Waals surface area contributed by atoms with Gasteiger partial charge in [-0.05, 0) is 18.4 Å². The summed E-state index contributed by atoms with van der Waals surface area (Å²) in [7, 11) is 0. The van der Waals surface area contributed by atoms with E-state index in [1.807, 2.05) is 0 Å². The molecule has 0 fully saturated rings. The Bertz CT molecular complexity index is 1110. The molecule has 2 aromatic rings. The Morgan fingerprint density at radius 1 is 0.949 bits per heavy atom. The van der Waals surface area contributed by atoms with Gasteiger partial charge < -0.3 is 48.3 Å². The Balaban J connectivity index is 2.21. The van der Waals surface area contributed by atoms with Crippen molar-refractivity contribution in [3.05, 3.63) is 54.1 Å². The van der Waals surface area contributed by atoms with Crippen molar-refractivity contribution in [3.63, 3.8) is 0 Å². The number of amides is 3. The van der Waals surface area contributed by atoms with Crippen molar-refractivity contribution in [2.45, 2.75) is 49.9 Å². The second-order valence-electron chi connectivity index (χ2n) is 8.73. The van der Waals surface area contributed by atoms with Gasteiger partial charge in [0.2, 0.25) is 17.7 Å². The van der Waals surface area contributed by atoms with E-state index in [0.29, 0.717) is 17.7 Å². The van der Waals surface area contributed by atoms with E-state index >= 15 is 0 Å². The summed E-state index contributed by atoms with van der Waals surface area (Å²) >= 11 is 0. The first-order valence-electron chi connectivity index (χ1n) is 12.2. The number of imidazole rings is 1. The molecule has 0 aliphatic rings. The number of nitrogens with two attached hydrogens (primary N) is 3. The number of nitrogens with one attached hydrogen (secondary N) is 4. The Morgan fingerprint density at radius 3 is 2.18 bits per heavy atom. The number of aliphatic imine (C=N–C) groups is 1. The van der Waals surface area contributed by atoms with Gasteiger partial charge in [-0.1, -0.05) is 30.3 Å². The summed E-state index contributed by atoms with van der Waals surface area (Å²) < 4.78 is 0. The number of carboxylic acid groups (broad SMARTS) is 1. The number of aliphatic carboxylic acids is 1. The van der Waals surface area contributed by atoms with Crippen LogP contribution in [0.2, 0.25) is 0 Å². The maximum Gasteiger partial charge on any atom is 0.326 e. The summed E-state index contributed by atoms with van der Waals surface area (Å²) in [5.74, 6) is -3.64. The lowest BCUT2D eigenvalue weighted by Gasteiger charge is -2.25. The first-order chi connectivity index (χ1) is 18.6. The van der Waals surface area contributed by atoms with Gasteiger partial charge in [0, 0.05) is 31.3 Å². The third kappa shape index (κ3) is 10.8. The number of hydrogen-bond acceptors (Lipinski definition) is 8. The second-order valence-corrected chi connectivity index (χ2v) is 8.73. The van der Waals surface area contributed by atoms with Crippen LogP contribution >= 0.6 is 0 Å². The molecule has 15 heteroatoms. The van der Waals surface area contributed by atoms with Gasteiger partial charge in [0.25, 0.3) is 0 Å². The zero-order chi connectivity index (χ0) is 28.8. The highest BCUT2D eigenvalue weighted by Gasteiger charge is 2.30. The standard InChI is InChI=1S/C24H35N9O6/c25-16(12-34)20(35)31-17(7-4-8-29-24(26)27)21(36)32-18(10-15-11-28-13-30-15)22(37)33-19(23(38)39)9-14-5-2-1-3-6-14/h1-3,5-6,11,13,16-19,34H,4,7-10,12,25H2,(H,28,30)(H,31,35)(H,32,36)(H,33,37)(H,38,39)(H4,26,27,29). The van der Waals surface area contributed by atoms with E-state index < -0.39 is 54.5 Å². The smallest absolute Gasteiger partial charge is 0.326 e. The zero-order valence-electron chi connectivity index (χ0n) is 21.2. The molecule has 212 valence electrons. The van der Waals surface area contributed by atoms with E-state index in [1.165, 1.54) is 12.5 Å². The number of hydrogen-bond donors (Lipinski definition) is 9. The minimum Gasteiger partial charge on any atom is -0.480 e. The molecule has 4 unspecified atom stereocenters. The quantitative estimate of drug-likeness (QED) is 0.0590. The molecule has 12 N–H and O–H groups in total. The minimum atomic E-state index is -1.27. The summed E-state index contributed by atoms with van der Waals surface area (Å²) in [6.45, 7) is -0.469. The fourth-order valence-corrected chi connectivity index (χ4v) is 3.55. The van der Waals surface area contributed by atoms with Crippen LogP contribution in [0.4, 0.5) is 0 Å². The van der Waals surface area contributed by atoms with E-state index in [2.05, 4.69) is 30.9 Å². The van der Waals surface area contributed by atoms with Crippen molar-refractivity contribution < 1.29 is 29.4 Å². The van der Waals surface area contributed by atoms with Gasteiger partial charge in [0.15, 0.2) is 5.96 Å².